The number of piperidine rings is 1. The van der Waals surface area contributed by atoms with Gasteiger partial charge in [0.2, 0.25) is 10.0 Å². The van der Waals surface area contributed by atoms with E-state index in [2.05, 4.69) is 17.6 Å². The van der Waals surface area contributed by atoms with Crippen molar-refractivity contribution in [1.82, 2.24) is 9.62 Å². The summed E-state index contributed by atoms with van der Waals surface area (Å²) in [4.78, 5) is 12.3. The molecule has 0 saturated carbocycles. The van der Waals surface area contributed by atoms with E-state index in [1.807, 2.05) is 25.1 Å². The number of carbonyl (C=O) groups is 1. The monoisotopic (exact) mass is 461 g/mol. The molecule has 0 atom stereocenters. The Morgan fingerprint density at radius 2 is 1.84 bits per heavy atom. The van der Waals surface area contributed by atoms with Crippen LogP contribution >= 0.6 is 12.2 Å². The average Bonchev–Trinajstić information content (AvgIpc) is 2.73. The Hall–Kier alpha value is -2.49. The number of carbonyl (C=O) groups excluding carboxylic acids is 1. The molecule has 0 bridgehead atoms. The van der Waals surface area contributed by atoms with Crippen molar-refractivity contribution in [1.29, 1.82) is 0 Å². The van der Waals surface area contributed by atoms with Crippen LogP contribution in [-0.4, -0.2) is 43.4 Å². The highest BCUT2D eigenvalue weighted by atomic mass is 32.2. The smallest absolute Gasteiger partial charge is 0.264 e. The van der Waals surface area contributed by atoms with Crippen molar-refractivity contribution in [2.75, 3.05) is 25.0 Å². The third kappa shape index (κ3) is 6.49. The van der Waals surface area contributed by atoms with E-state index >= 15 is 0 Å². The summed E-state index contributed by atoms with van der Waals surface area (Å²) >= 11 is 5.16. The first kappa shape index (κ1) is 23.2. The second kappa shape index (κ2) is 10.2. The number of amides is 1. The first-order chi connectivity index (χ1) is 14.7. The molecule has 7 nitrogen and oxygen atoms in total. The summed E-state index contributed by atoms with van der Waals surface area (Å²) in [5, 5.41) is 5.53. The Kier molecular flexibility index (Phi) is 7.64. The third-order valence-corrected chi connectivity index (χ3v) is 7.22. The van der Waals surface area contributed by atoms with Gasteiger partial charge in [-0.15, -0.1) is 0 Å². The molecule has 2 aromatic rings. The van der Waals surface area contributed by atoms with E-state index < -0.39 is 15.9 Å². The van der Waals surface area contributed by atoms with E-state index in [-0.39, 0.29) is 16.6 Å². The predicted octanol–water partition coefficient (Wildman–Crippen LogP) is 3.31. The minimum atomic E-state index is -3.50. The van der Waals surface area contributed by atoms with Gasteiger partial charge in [0.25, 0.3) is 5.91 Å². The number of ether oxygens (including phenoxy) is 1. The summed E-state index contributed by atoms with van der Waals surface area (Å²) in [5.41, 5.74) is 1.62. The number of sulfonamides is 1. The zero-order valence-corrected chi connectivity index (χ0v) is 19.3. The molecule has 0 spiro atoms. The van der Waals surface area contributed by atoms with Crippen LogP contribution in [-0.2, 0) is 14.8 Å². The van der Waals surface area contributed by atoms with E-state index in [0.29, 0.717) is 30.4 Å². The van der Waals surface area contributed by atoms with E-state index in [9.17, 15) is 13.2 Å². The highest BCUT2D eigenvalue weighted by Crippen LogP contribution is 2.24. The molecule has 0 aromatic heterocycles. The Morgan fingerprint density at radius 3 is 2.48 bits per heavy atom. The number of nitrogens with zero attached hydrogens (tertiary/aromatic N) is 1. The Balaban J connectivity index is 1.51. The number of benzene rings is 2. The quantitative estimate of drug-likeness (QED) is 0.642. The van der Waals surface area contributed by atoms with Gasteiger partial charge in [-0.2, -0.15) is 4.31 Å². The molecule has 1 amide bonds. The molecule has 3 rings (SSSR count). The van der Waals surface area contributed by atoms with Crippen LogP contribution < -0.4 is 15.4 Å². The van der Waals surface area contributed by atoms with Crippen molar-refractivity contribution in [3.05, 3.63) is 54.1 Å². The molecule has 1 aliphatic heterocycles. The SMILES string of the molecule is Cc1cccc(OCC(=O)NC(=S)Nc2ccc(S(=O)(=O)N3CCC(C)CC3)cc2)c1. The summed E-state index contributed by atoms with van der Waals surface area (Å²) in [7, 11) is -3.50. The van der Waals surface area contributed by atoms with Gasteiger partial charge in [-0.3, -0.25) is 10.1 Å². The van der Waals surface area contributed by atoms with Gasteiger partial charge in [-0.1, -0.05) is 19.1 Å². The number of hydrogen-bond acceptors (Lipinski definition) is 5. The molecule has 0 aliphatic carbocycles. The first-order valence-electron chi connectivity index (χ1n) is 10.1. The Labute approximate surface area is 188 Å². The number of anilines is 1. The molecular formula is C22H27N3O4S2. The molecule has 9 heteroatoms. The first-order valence-corrected chi connectivity index (χ1v) is 12.0. The molecule has 31 heavy (non-hydrogen) atoms. The fraction of sp³-hybridized carbons (Fsp3) is 0.364. The van der Waals surface area contributed by atoms with E-state index in [1.54, 1.807) is 30.3 Å². The van der Waals surface area contributed by atoms with Gasteiger partial charge in [-0.25, -0.2) is 8.42 Å². The van der Waals surface area contributed by atoms with Crippen LogP contribution in [0, 0.1) is 12.8 Å². The lowest BCUT2D eigenvalue weighted by molar-refractivity contribution is -0.121. The average molecular weight is 462 g/mol. The number of rotatable bonds is 6. The highest BCUT2D eigenvalue weighted by Gasteiger charge is 2.27. The van der Waals surface area contributed by atoms with E-state index in [1.165, 1.54) is 4.31 Å². The minimum absolute atomic E-state index is 0.110. The van der Waals surface area contributed by atoms with Crippen LogP contribution in [0.25, 0.3) is 0 Å². The molecule has 1 aliphatic rings. The molecule has 166 valence electrons. The van der Waals surface area contributed by atoms with Crippen molar-refractivity contribution in [2.45, 2.75) is 31.6 Å². The largest absolute Gasteiger partial charge is 0.484 e. The molecule has 0 unspecified atom stereocenters. The molecule has 1 fully saturated rings. The van der Waals surface area contributed by atoms with Crippen molar-refractivity contribution in [3.63, 3.8) is 0 Å². The van der Waals surface area contributed by atoms with Gasteiger partial charge in [0.15, 0.2) is 11.7 Å². The third-order valence-electron chi connectivity index (χ3n) is 5.10. The summed E-state index contributed by atoms with van der Waals surface area (Å²) in [6.45, 7) is 5.00. The number of nitrogens with one attached hydrogen (secondary N) is 2. The fourth-order valence-electron chi connectivity index (χ4n) is 3.26. The molecule has 2 N–H and O–H groups in total. The summed E-state index contributed by atoms with van der Waals surface area (Å²) in [6.07, 6.45) is 1.75. The van der Waals surface area contributed by atoms with Gasteiger partial charge in [0, 0.05) is 18.8 Å². The van der Waals surface area contributed by atoms with E-state index in [0.717, 1.165) is 18.4 Å². The Bertz CT molecular complexity index is 1030. The van der Waals surface area contributed by atoms with Crippen LogP contribution in [0.15, 0.2) is 53.4 Å². The summed E-state index contributed by atoms with van der Waals surface area (Å²) in [6, 6.07) is 13.7. The molecule has 2 aromatic carbocycles. The van der Waals surface area contributed by atoms with Crippen LogP contribution in [0.2, 0.25) is 0 Å². The second-order valence-electron chi connectivity index (χ2n) is 7.72. The lowest BCUT2D eigenvalue weighted by atomic mass is 10.0. The van der Waals surface area contributed by atoms with Crippen LogP contribution in [0.4, 0.5) is 5.69 Å². The maximum Gasteiger partial charge on any atom is 0.264 e. The standard InChI is InChI=1S/C22H27N3O4S2/c1-16-10-12-25(13-11-16)31(27,28)20-8-6-18(7-9-20)23-22(30)24-21(26)15-29-19-5-3-4-17(2)14-19/h3-9,14,16H,10-13,15H2,1-2H3,(H2,23,24,26,30). The summed E-state index contributed by atoms with van der Waals surface area (Å²) < 4.78 is 32.6. The number of thiocarbonyl (C=S) groups is 1. The van der Waals surface area contributed by atoms with Crippen LogP contribution in [0.5, 0.6) is 5.75 Å². The zero-order valence-electron chi connectivity index (χ0n) is 17.6. The van der Waals surface area contributed by atoms with Gasteiger partial charge in [0.05, 0.1) is 4.90 Å². The normalized spacial score (nSPS) is 15.3. The molecule has 1 heterocycles. The predicted molar refractivity (Wildman–Crippen MR) is 125 cm³/mol. The van der Waals surface area contributed by atoms with Gasteiger partial charge < -0.3 is 10.1 Å². The number of aryl methyl sites for hydroxylation is 1. The van der Waals surface area contributed by atoms with Crippen molar-refractivity contribution >= 4 is 38.9 Å². The zero-order chi connectivity index (χ0) is 22.4. The van der Waals surface area contributed by atoms with Crippen LogP contribution in [0.1, 0.15) is 25.3 Å². The van der Waals surface area contributed by atoms with Gasteiger partial charge >= 0.3 is 0 Å². The second-order valence-corrected chi connectivity index (χ2v) is 10.1. The molecular weight excluding hydrogens is 434 g/mol. The van der Waals surface area contributed by atoms with Crippen molar-refractivity contribution in [3.8, 4) is 5.75 Å². The lowest BCUT2D eigenvalue weighted by Gasteiger charge is -2.29. The van der Waals surface area contributed by atoms with E-state index in [4.69, 9.17) is 17.0 Å². The van der Waals surface area contributed by atoms with Gasteiger partial charge in [0.1, 0.15) is 5.75 Å². The maximum absolute atomic E-state index is 12.8. The molecule has 1 saturated heterocycles. The fourth-order valence-corrected chi connectivity index (χ4v) is 4.97. The molecule has 0 radical (unpaired) electrons. The van der Waals surface area contributed by atoms with Crippen molar-refractivity contribution < 1.29 is 17.9 Å². The lowest BCUT2D eigenvalue weighted by Crippen LogP contribution is -2.38. The topological polar surface area (TPSA) is 87.7 Å². The highest BCUT2D eigenvalue weighted by molar-refractivity contribution is 7.89. The van der Waals surface area contributed by atoms with Gasteiger partial charge in [-0.05, 0) is 79.9 Å². The summed E-state index contributed by atoms with van der Waals surface area (Å²) in [5.74, 6) is 0.767. The minimum Gasteiger partial charge on any atom is -0.484 e. The van der Waals surface area contributed by atoms with Crippen molar-refractivity contribution in [2.24, 2.45) is 5.92 Å². The number of hydrogen-bond donors (Lipinski definition) is 2. The van der Waals surface area contributed by atoms with Crippen LogP contribution in [0.3, 0.4) is 0 Å². The maximum atomic E-state index is 12.8. The Morgan fingerprint density at radius 1 is 1.16 bits per heavy atom.